The van der Waals surface area contributed by atoms with Gasteiger partial charge < -0.3 is 15.4 Å². The SMILES string of the molecule is CN(C)C1=NC(c2ccc(OCCCCCCCCCc3ccc([P+](F)(c4ccccc4)c4ccccc4)cc3)cc2)N=C(N)N1. The van der Waals surface area contributed by atoms with Crippen molar-refractivity contribution in [3.8, 4) is 5.75 Å². The molecule has 1 atom stereocenters. The highest BCUT2D eigenvalue weighted by atomic mass is 31.2. The molecular weight excluding hydrogens is 592 g/mol. The Balaban J connectivity index is 0.974. The summed E-state index contributed by atoms with van der Waals surface area (Å²) in [6, 6.07) is 35.5. The van der Waals surface area contributed by atoms with Crippen molar-refractivity contribution >= 4 is 35.4 Å². The summed E-state index contributed by atoms with van der Waals surface area (Å²) in [6.45, 7) is 0.716. The van der Waals surface area contributed by atoms with E-state index in [-0.39, 0.29) is 6.17 Å². The number of aryl methyl sites for hydroxylation is 1. The summed E-state index contributed by atoms with van der Waals surface area (Å²) in [5, 5.41) is 5.28. The molecule has 0 bridgehead atoms. The number of nitrogens with one attached hydrogen (secondary N) is 1. The highest BCUT2D eigenvalue weighted by Crippen LogP contribution is 2.56. The van der Waals surface area contributed by atoms with Gasteiger partial charge in [-0.2, -0.15) is 0 Å². The molecule has 0 saturated carbocycles. The van der Waals surface area contributed by atoms with Crippen molar-refractivity contribution < 1.29 is 8.93 Å². The number of nitrogens with two attached hydrogens (primary N) is 1. The number of nitrogens with zero attached hydrogens (tertiary/aromatic N) is 3. The summed E-state index contributed by atoms with van der Waals surface area (Å²) in [4.78, 5) is 10.9. The van der Waals surface area contributed by atoms with E-state index in [1.807, 2.05) is 116 Å². The van der Waals surface area contributed by atoms with E-state index in [4.69, 9.17) is 10.5 Å². The molecule has 0 radical (unpaired) electrons. The quantitative estimate of drug-likeness (QED) is 0.108. The van der Waals surface area contributed by atoms with Crippen LogP contribution in [-0.2, 0) is 6.42 Å². The predicted molar refractivity (Wildman–Crippen MR) is 193 cm³/mol. The molecule has 0 amide bonds. The van der Waals surface area contributed by atoms with E-state index in [0.717, 1.165) is 46.5 Å². The number of halogens is 1. The van der Waals surface area contributed by atoms with Crippen molar-refractivity contribution in [2.75, 3.05) is 20.7 Å². The van der Waals surface area contributed by atoms with Crippen molar-refractivity contribution in [1.29, 1.82) is 0 Å². The van der Waals surface area contributed by atoms with Gasteiger partial charge in [0.1, 0.15) is 21.7 Å². The van der Waals surface area contributed by atoms with E-state index < -0.39 is 7.57 Å². The first-order valence-electron chi connectivity index (χ1n) is 16.3. The van der Waals surface area contributed by atoms with Gasteiger partial charge in [0.05, 0.1) is 6.61 Å². The van der Waals surface area contributed by atoms with Crippen molar-refractivity contribution in [3.05, 3.63) is 120 Å². The molecule has 1 unspecified atom stereocenters. The molecule has 4 aromatic rings. The highest BCUT2D eigenvalue weighted by molar-refractivity contribution is 7.91. The number of guanidine groups is 2. The van der Waals surface area contributed by atoms with Gasteiger partial charge in [0, 0.05) is 14.1 Å². The van der Waals surface area contributed by atoms with E-state index in [1.54, 1.807) is 0 Å². The summed E-state index contributed by atoms with van der Waals surface area (Å²) >= 11 is 0. The summed E-state index contributed by atoms with van der Waals surface area (Å²) in [5.41, 5.74) is 8.18. The smallest absolute Gasteiger partial charge is 0.298 e. The van der Waals surface area contributed by atoms with Crippen LogP contribution >= 0.6 is 7.57 Å². The fourth-order valence-corrected chi connectivity index (χ4v) is 8.28. The molecule has 0 saturated heterocycles. The lowest BCUT2D eigenvalue weighted by atomic mass is 10.0. The first kappa shape index (κ1) is 33.2. The number of hydrogen-bond acceptors (Lipinski definition) is 6. The maximum absolute atomic E-state index is 16.9. The molecule has 1 aliphatic rings. The lowest BCUT2D eigenvalue weighted by Gasteiger charge is -2.23. The van der Waals surface area contributed by atoms with Crippen molar-refractivity contribution in [2.45, 2.75) is 57.5 Å². The van der Waals surface area contributed by atoms with Crippen LogP contribution in [0.25, 0.3) is 0 Å². The van der Waals surface area contributed by atoms with Gasteiger partial charge in [-0.25, -0.2) is 9.98 Å². The topological polar surface area (TPSA) is 75.2 Å². The Morgan fingerprint density at radius 2 is 1.24 bits per heavy atom. The Kier molecular flexibility index (Phi) is 11.8. The number of ether oxygens (including phenoxy) is 1. The number of aliphatic imine (C=N–C) groups is 2. The van der Waals surface area contributed by atoms with E-state index in [9.17, 15) is 0 Å². The minimum Gasteiger partial charge on any atom is -0.494 e. The molecule has 4 aromatic carbocycles. The molecule has 5 rings (SSSR count). The van der Waals surface area contributed by atoms with Crippen LogP contribution in [0.1, 0.15) is 62.2 Å². The number of rotatable bonds is 15. The van der Waals surface area contributed by atoms with Crippen LogP contribution in [0.15, 0.2) is 119 Å². The Morgan fingerprint density at radius 1 is 0.696 bits per heavy atom. The molecule has 6 nitrogen and oxygen atoms in total. The number of benzene rings is 4. The van der Waals surface area contributed by atoms with E-state index in [2.05, 4.69) is 27.4 Å². The third-order valence-electron chi connectivity index (χ3n) is 8.24. The minimum atomic E-state index is -3.15. The molecule has 3 N–H and O–H groups in total. The average molecular weight is 639 g/mol. The van der Waals surface area contributed by atoms with Gasteiger partial charge in [-0.1, -0.05) is 92.8 Å². The molecule has 46 heavy (non-hydrogen) atoms. The fraction of sp³-hybridized carbons (Fsp3) is 0.316. The van der Waals surface area contributed by atoms with Crippen LogP contribution in [0, 0.1) is 0 Å². The van der Waals surface area contributed by atoms with Gasteiger partial charge >= 0.3 is 0 Å². The third-order valence-corrected chi connectivity index (χ3v) is 11.3. The van der Waals surface area contributed by atoms with Crippen LogP contribution < -0.4 is 31.7 Å². The van der Waals surface area contributed by atoms with Crippen molar-refractivity contribution in [1.82, 2.24) is 10.2 Å². The van der Waals surface area contributed by atoms with Crippen LogP contribution in [-0.4, -0.2) is 37.5 Å². The Bertz CT molecular complexity index is 1520. The second-order valence-corrected chi connectivity index (χ2v) is 14.7. The lowest BCUT2D eigenvalue weighted by Crippen LogP contribution is -2.46. The van der Waals surface area contributed by atoms with E-state index in [1.165, 1.54) is 37.7 Å². The summed E-state index contributed by atoms with van der Waals surface area (Å²) in [6.07, 6.45) is 8.97. The standard InChI is InChI=1S/C38H46FN5OP/c1-44(2)38-42-36(41-37(40)43-38)31-23-25-32(26-24-31)45-29-15-7-5-3-4-6-10-16-30-21-27-35(28-22-30)46(39,33-17-11-8-12-18-33)34-19-13-9-14-20-34/h8-9,11-14,17-28,36H,3-7,10,15-16,29H2,1-2H3,(H3,40,41,42,43)/q+1. The van der Waals surface area contributed by atoms with Crippen LogP contribution in [0.2, 0.25) is 0 Å². The lowest BCUT2D eigenvalue weighted by molar-refractivity contribution is 0.304. The number of unbranched alkanes of at least 4 members (excludes halogenated alkanes) is 6. The van der Waals surface area contributed by atoms with Crippen LogP contribution in [0.3, 0.4) is 0 Å². The molecule has 0 aliphatic carbocycles. The fourth-order valence-electron chi connectivity index (χ4n) is 5.66. The molecule has 0 spiro atoms. The number of hydrogen-bond donors (Lipinski definition) is 2. The third kappa shape index (κ3) is 8.73. The molecule has 240 valence electrons. The molecular formula is C38H46FN5OP+. The van der Waals surface area contributed by atoms with Gasteiger partial charge in [0.15, 0.2) is 12.1 Å². The van der Waals surface area contributed by atoms with E-state index >= 15 is 4.20 Å². The first-order valence-corrected chi connectivity index (χ1v) is 18.0. The van der Waals surface area contributed by atoms with E-state index in [0.29, 0.717) is 18.5 Å². The second-order valence-electron chi connectivity index (χ2n) is 11.9. The van der Waals surface area contributed by atoms with Gasteiger partial charge in [-0.3, -0.25) is 5.32 Å². The molecule has 8 heteroatoms. The minimum absolute atomic E-state index is 0.351. The zero-order chi connectivity index (χ0) is 32.2. The van der Waals surface area contributed by atoms with Gasteiger partial charge in [0.2, 0.25) is 5.96 Å². The Morgan fingerprint density at radius 3 is 1.83 bits per heavy atom. The summed E-state index contributed by atoms with van der Waals surface area (Å²) in [5.74, 6) is 1.92. The maximum Gasteiger partial charge on any atom is 0.298 e. The molecule has 1 aliphatic heterocycles. The van der Waals surface area contributed by atoms with Crippen LogP contribution in [0.4, 0.5) is 4.20 Å². The van der Waals surface area contributed by atoms with Gasteiger partial charge in [0.25, 0.3) is 7.57 Å². The zero-order valence-corrected chi connectivity index (χ0v) is 27.9. The first-order chi connectivity index (χ1) is 22.4. The predicted octanol–water partition coefficient (Wildman–Crippen LogP) is 7.05. The Labute approximate surface area is 274 Å². The molecule has 0 fully saturated rings. The van der Waals surface area contributed by atoms with Gasteiger partial charge in [-0.15, -0.1) is 0 Å². The van der Waals surface area contributed by atoms with Gasteiger partial charge in [-0.05, 0) is 83.1 Å². The molecule has 1 heterocycles. The monoisotopic (exact) mass is 638 g/mol. The highest BCUT2D eigenvalue weighted by Gasteiger charge is 2.47. The Hall–Kier alpha value is -4.22. The zero-order valence-electron chi connectivity index (χ0n) is 27.0. The second kappa shape index (κ2) is 16.4. The average Bonchev–Trinajstić information content (AvgIpc) is 3.09. The molecule has 0 aromatic heterocycles. The summed E-state index contributed by atoms with van der Waals surface area (Å²) in [7, 11) is 0.676. The normalized spacial score (nSPS) is 14.6. The maximum atomic E-state index is 16.9. The summed E-state index contributed by atoms with van der Waals surface area (Å²) < 4.78 is 22.9. The van der Waals surface area contributed by atoms with Crippen LogP contribution in [0.5, 0.6) is 5.75 Å². The van der Waals surface area contributed by atoms with Crippen molar-refractivity contribution in [2.24, 2.45) is 15.7 Å². The largest absolute Gasteiger partial charge is 0.494 e. The van der Waals surface area contributed by atoms with Crippen molar-refractivity contribution in [3.63, 3.8) is 0 Å².